The Morgan fingerprint density at radius 2 is 2.14 bits per heavy atom. The Hall–Kier alpha value is -1.05. The van der Waals surface area contributed by atoms with Crippen LogP contribution in [0.5, 0.6) is 0 Å². The third kappa shape index (κ3) is 1.89. The van der Waals surface area contributed by atoms with Gasteiger partial charge in [-0.2, -0.15) is 0 Å². The van der Waals surface area contributed by atoms with Gasteiger partial charge in [0, 0.05) is 11.7 Å². The van der Waals surface area contributed by atoms with E-state index in [4.69, 9.17) is 0 Å². The van der Waals surface area contributed by atoms with E-state index in [1.54, 1.807) is 0 Å². The second-order valence-electron chi connectivity index (χ2n) is 4.71. The Bertz CT molecular complexity index is 312. The molecule has 2 rings (SSSR count). The fraction of sp³-hybridized carbons (Fsp3) is 0.583. The number of hydrogen-bond acceptors (Lipinski definition) is 2. The van der Waals surface area contributed by atoms with Crippen molar-refractivity contribution in [2.24, 2.45) is 5.41 Å². The number of nitrogens with zero attached hydrogens (tertiary/aromatic N) is 1. The summed E-state index contributed by atoms with van der Waals surface area (Å²) in [6.07, 6.45) is 4.61. The summed E-state index contributed by atoms with van der Waals surface area (Å²) in [7, 11) is 0. The van der Waals surface area contributed by atoms with Crippen molar-refractivity contribution in [1.29, 1.82) is 0 Å². The van der Waals surface area contributed by atoms with Gasteiger partial charge in [-0.25, -0.2) is 0 Å². The van der Waals surface area contributed by atoms with E-state index in [1.807, 2.05) is 19.2 Å². The topological polar surface area (TPSA) is 24.9 Å². The summed E-state index contributed by atoms with van der Waals surface area (Å²) in [5, 5.41) is 3.51. The molecule has 1 aliphatic rings. The molecule has 1 heterocycles. The molecule has 1 saturated carbocycles. The molecule has 1 N–H and O–H groups in total. The van der Waals surface area contributed by atoms with Crippen molar-refractivity contribution in [3.05, 3.63) is 24.0 Å². The summed E-state index contributed by atoms with van der Waals surface area (Å²) in [4.78, 5) is 4.27. The van der Waals surface area contributed by atoms with Gasteiger partial charge in [-0.3, -0.25) is 4.98 Å². The van der Waals surface area contributed by atoms with Crippen LogP contribution in [0.3, 0.4) is 0 Å². The molecule has 0 aliphatic heterocycles. The average molecular weight is 190 g/mol. The van der Waals surface area contributed by atoms with Gasteiger partial charge in [0.1, 0.15) is 0 Å². The van der Waals surface area contributed by atoms with Crippen molar-refractivity contribution in [3.63, 3.8) is 0 Å². The summed E-state index contributed by atoms with van der Waals surface area (Å²) in [5.74, 6) is 0. The summed E-state index contributed by atoms with van der Waals surface area (Å²) < 4.78 is 0. The van der Waals surface area contributed by atoms with Crippen LogP contribution in [0.1, 0.15) is 32.4 Å². The van der Waals surface area contributed by atoms with E-state index in [9.17, 15) is 0 Å². The van der Waals surface area contributed by atoms with Crippen LogP contribution < -0.4 is 5.32 Å². The minimum atomic E-state index is 0.519. The lowest BCUT2D eigenvalue weighted by Crippen LogP contribution is -2.24. The van der Waals surface area contributed by atoms with E-state index < -0.39 is 0 Å². The number of pyridine rings is 1. The monoisotopic (exact) mass is 190 g/mol. The van der Waals surface area contributed by atoms with Crippen LogP contribution in [-0.2, 0) is 0 Å². The highest BCUT2D eigenvalue weighted by molar-refractivity contribution is 5.42. The van der Waals surface area contributed by atoms with Gasteiger partial charge >= 0.3 is 0 Å². The summed E-state index contributed by atoms with van der Waals surface area (Å²) in [6, 6.07) is 4.70. The molecule has 1 fully saturated rings. The first kappa shape index (κ1) is 9.50. The maximum atomic E-state index is 4.27. The van der Waals surface area contributed by atoms with Crippen LogP contribution in [0.25, 0.3) is 0 Å². The van der Waals surface area contributed by atoms with Crippen molar-refractivity contribution in [2.75, 3.05) is 5.32 Å². The molecular formula is C12H18N2. The minimum absolute atomic E-state index is 0.519. The molecular weight excluding hydrogens is 172 g/mol. The van der Waals surface area contributed by atoms with Gasteiger partial charge in [0.15, 0.2) is 0 Å². The molecule has 2 heteroatoms. The lowest BCUT2D eigenvalue weighted by molar-refractivity contribution is 0.493. The predicted molar refractivity (Wildman–Crippen MR) is 59.4 cm³/mol. The molecule has 76 valence electrons. The quantitative estimate of drug-likeness (QED) is 0.792. The first-order valence-electron chi connectivity index (χ1n) is 5.29. The zero-order valence-electron chi connectivity index (χ0n) is 9.17. The Kier molecular flexibility index (Phi) is 2.22. The van der Waals surface area contributed by atoms with Gasteiger partial charge in [-0.05, 0) is 44.2 Å². The van der Waals surface area contributed by atoms with E-state index in [1.165, 1.54) is 12.8 Å². The van der Waals surface area contributed by atoms with Gasteiger partial charge in [0.2, 0.25) is 0 Å². The molecule has 1 unspecified atom stereocenters. The van der Waals surface area contributed by atoms with Gasteiger partial charge in [-0.1, -0.05) is 6.92 Å². The highest BCUT2D eigenvalue weighted by atomic mass is 15.0. The third-order valence-corrected chi connectivity index (χ3v) is 3.38. The average Bonchev–Trinajstić information content (AvgIpc) is 2.89. The van der Waals surface area contributed by atoms with Crippen LogP contribution in [0.4, 0.5) is 5.69 Å². The zero-order chi connectivity index (χ0) is 10.2. The van der Waals surface area contributed by atoms with E-state index in [2.05, 4.69) is 30.2 Å². The van der Waals surface area contributed by atoms with Crippen molar-refractivity contribution in [2.45, 2.75) is 39.7 Å². The molecule has 0 saturated heterocycles. The molecule has 0 radical (unpaired) electrons. The first-order chi connectivity index (χ1) is 6.60. The summed E-state index contributed by atoms with van der Waals surface area (Å²) in [5.41, 5.74) is 2.72. The zero-order valence-corrected chi connectivity index (χ0v) is 9.17. The molecule has 1 aliphatic carbocycles. The van der Waals surface area contributed by atoms with E-state index in [0.29, 0.717) is 11.5 Å². The molecule has 1 atom stereocenters. The van der Waals surface area contributed by atoms with Gasteiger partial charge < -0.3 is 5.32 Å². The maximum absolute atomic E-state index is 4.27. The van der Waals surface area contributed by atoms with Crippen molar-refractivity contribution in [1.82, 2.24) is 4.98 Å². The highest BCUT2D eigenvalue weighted by Crippen LogP contribution is 2.48. The first-order valence-corrected chi connectivity index (χ1v) is 5.29. The molecule has 0 amide bonds. The van der Waals surface area contributed by atoms with E-state index in [0.717, 1.165) is 11.4 Å². The Morgan fingerprint density at radius 1 is 1.43 bits per heavy atom. The number of aryl methyl sites for hydroxylation is 1. The van der Waals surface area contributed by atoms with Crippen LogP contribution in [0.2, 0.25) is 0 Å². The second-order valence-corrected chi connectivity index (χ2v) is 4.71. The Balaban J connectivity index is 2.00. The smallest absolute Gasteiger partial charge is 0.0529 e. The fourth-order valence-corrected chi connectivity index (χ4v) is 1.61. The van der Waals surface area contributed by atoms with E-state index >= 15 is 0 Å². The SMILES string of the molecule is Cc1ccc(NC(C)C2(C)CC2)cn1. The molecule has 1 aromatic heterocycles. The van der Waals surface area contributed by atoms with Crippen molar-refractivity contribution < 1.29 is 0 Å². The van der Waals surface area contributed by atoms with Crippen LogP contribution in [-0.4, -0.2) is 11.0 Å². The standard InChI is InChI=1S/C12H18N2/c1-9-4-5-11(8-13-9)14-10(2)12(3)6-7-12/h4-5,8,10,14H,6-7H2,1-3H3. The normalized spacial score (nSPS) is 20.2. The number of aromatic nitrogens is 1. The third-order valence-electron chi connectivity index (χ3n) is 3.38. The maximum Gasteiger partial charge on any atom is 0.0529 e. The molecule has 1 aromatic rings. The number of rotatable bonds is 3. The van der Waals surface area contributed by atoms with Crippen LogP contribution in [0.15, 0.2) is 18.3 Å². The highest BCUT2D eigenvalue weighted by Gasteiger charge is 2.42. The predicted octanol–water partition coefficient (Wildman–Crippen LogP) is 2.99. The second kappa shape index (κ2) is 3.26. The minimum Gasteiger partial charge on any atom is -0.381 e. The van der Waals surface area contributed by atoms with Gasteiger partial charge in [0.05, 0.1) is 11.9 Å². The van der Waals surface area contributed by atoms with Crippen molar-refractivity contribution >= 4 is 5.69 Å². The van der Waals surface area contributed by atoms with Gasteiger partial charge in [0.25, 0.3) is 0 Å². The molecule has 2 nitrogen and oxygen atoms in total. The van der Waals surface area contributed by atoms with Crippen molar-refractivity contribution in [3.8, 4) is 0 Å². The van der Waals surface area contributed by atoms with Gasteiger partial charge in [-0.15, -0.1) is 0 Å². The lowest BCUT2D eigenvalue weighted by atomic mass is 10.0. The summed E-state index contributed by atoms with van der Waals surface area (Å²) in [6.45, 7) is 6.61. The van der Waals surface area contributed by atoms with Crippen LogP contribution in [0, 0.1) is 12.3 Å². The fourth-order valence-electron chi connectivity index (χ4n) is 1.61. The van der Waals surface area contributed by atoms with Crippen LogP contribution >= 0.6 is 0 Å². The molecule has 0 aromatic carbocycles. The molecule has 14 heavy (non-hydrogen) atoms. The van der Waals surface area contributed by atoms with E-state index in [-0.39, 0.29) is 0 Å². The lowest BCUT2D eigenvalue weighted by Gasteiger charge is -2.21. The Morgan fingerprint density at radius 3 is 2.64 bits per heavy atom. The molecule has 0 bridgehead atoms. The number of nitrogens with one attached hydrogen (secondary N) is 1. The largest absolute Gasteiger partial charge is 0.381 e. The number of anilines is 1. The Labute approximate surface area is 85.7 Å². The number of hydrogen-bond donors (Lipinski definition) is 1. The summed E-state index contributed by atoms with van der Waals surface area (Å²) >= 11 is 0. The molecule has 0 spiro atoms.